The summed E-state index contributed by atoms with van der Waals surface area (Å²) in [5.74, 6) is 1.41. The van der Waals surface area contributed by atoms with Crippen LogP contribution in [0.3, 0.4) is 0 Å². The Morgan fingerprint density at radius 3 is 2.58 bits per heavy atom. The third kappa shape index (κ3) is 2.39. The second-order valence-corrected chi connectivity index (χ2v) is 6.21. The largest absolute Gasteiger partial charge is 0.383 e. The van der Waals surface area contributed by atoms with E-state index in [1.165, 1.54) is 32.4 Å². The number of hydrogen-bond donors (Lipinski definition) is 1. The third-order valence-corrected chi connectivity index (χ3v) is 4.77. The fraction of sp³-hybridized carbons (Fsp3) is 0.714. The van der Waals surface area contributed by atoms with Crippen LogP contribution in [0, 0.1) is 12.3 Å². The molecule has 3 heterocycles. The molecule has 3 rings (SSSR count). The average Bonchev–Trinajstić information content (AvgIpc) is 2.81. The molecule has 5 nitrogen and oxygen atoms in total. The number of nitrogen functional groups attached to an aromatic ring is 1. The van der Waals surface area contributed by atoms with Crippen LogP contribution in [0.25, 0.3) is 0 Å². The first-order chi connectivity index (χ1) is 9.08. The van der Waals surface area contributed by atoms with Gasteiger partial charge in [0.2, 0.25) is 5.95 Å². The monoisotopic (exact) mass is 261 g/mol. The summed E-state index contributed by atoms with van der Waals surface area (Å²) in [6.45, 7) is 6.52. The maximum Gasteiger partial charge on any atom is 0.227 e. The van der Waals surface area contributed by atoms with E-state index >= 15 is 0 Å². The van der Waals surface area contributed by atoms with E-state index in [1.54, 1.807) is 0 Å². The molecule has 104 valence electrons. The van der Waals surface area contributed by atoms with Gasteiger partial charge in [0, 0.05) is 24.8 Å². The number of aryl methyl sites for hydroxylation is 1. The number of piperidine rings is 1. The van der Waals surface area contributed by atoms with Gasteiger partial charge in [0.1, 0.15) is 5.82 Å². The maximum absolute atomic E-state index is 5.89. The number of hydrogen-bond acceptors (Lipinski definition) is 5. The van der Waals surface area contributed by atoms with Crippen molar-refractivity contribution < 1.29 is 0 Å². The molecule has 0 saturated carbocycles. The Balaban J connectivity index is 1.73. The zero-order valence-corrected chi connectivity index (χ0v) is 11.9. The second-order valence-electron chi connectivity index (χ2n) is 6.21. The summed E-state index contributed by atoms with van der Waals surface area (Å²) in [4.78, 5) is 13.6. The van der Waals surface area contributed by atoms with Gasteiger partial charge in [0.05, 0.1) is 0 Å². The van der Waals surface area contributed by atoms with Crippen LogP contribution < -0.4 is 10.6 Å². The Morgan fingerprint density at radius 1 is 1.21 bits per heavy atom. The summed E-state index contributed by atoms with van der Waals surface area (Å²) in [5.41, 5.74) is 7.33. The average molecular weight is 261 g/mol. The molecule has 2 aliphatic heterocycles. The molecule has 0 radical (unpaired) electrons. The van der Waals surface area contributed by atoms with Crippen molar-refractivity contribution in [1.82, 2.24) is 14.9 Å². The SMILES string of the molecule is Cc1cnc(N2CCC3(CCN(C)CC3)C2)nc1N. The molecule has 0 atom stereocenters. The fourth-order valence-electron chi connectivity index (χ4n) is 3.20. The molecule has 19 heavy (non-hydrogen) atoms. The van der Waals surface area contributed by atoms with Gasteiger partial charge in [-0.2, -0.15) is 4.98 Å². The van der Waals surface area contributed by atoms with Crippen LogP contribution in [0.2, 0.25) is 0 Å². The zero-order chi connectivity index (χ0) is 13.5. The molecule has 0 unspecified atom stereocenters. The smallest absolute Gasteiger partial charge is 0.227 e. The van der Waals surface area contributed by atoms with E-state index in [0.717, 1.165) is 24.6 Å². The van der Waals surface area contributed by atoms with Gasteiger partial charge in [0.25, 0.3) is 0 Å². The molecule has 1 aromatic heterocycles. The van der Waals surface area contributed by atoms with Crippen molar-refractivity contribution in [2.24, 2.45) is 5.41 Å². The van der Waals surface area contributed by atoms with Crippen LogP contribution in [0.5, 0.6) is 0 Å². The van der Waals surface area contributed by atoms with E-state index in [-0.39, 0.29) is 0 Å². The third-order valence-electron chi connectivity index (χ3n) is 4.77. The van der Waals surface area contributed by atoms with Crippen molar-refractivity contribution in [3.05, 3.63) is 11.8 Å². The predicted octanol–water partition coefficient (Wildman–Crippen LogP) is 1.29. The van der Waals surface area contributed by atoms with E-state index in [2.05, 4.69) is 26.8 Å². The highest BCUT2D eigenvalue weighted by Crippen LogP contribution is 2.40. The molecule has 2 saturated heterocycles. The summed E-state index contributed by atoms with van der Waals surface area (Å²) >= 11 is 0. The Hall–Kier alpha value is -1.36. The molecule has 0 aliphatic carbocycles. The quantitative estimate of drug-likeness (QED) is 0.825. The number of rotatable bonds is 1. The number of nitrogens with two attached hydrogens (primary N) is 1. The first-order valence-corrected chi connectivity index (χ1v) is 7.11. The van der Waals surface area contributed by atoms with Crippen LogP contribution in [0.15, 0.2) is 6.20 Å². The molecule has 0 amide bonds. The summed E-state index contributed by atoms with van der Waals surface area (Å²) < 4.78 is 0. The van der Waals surface area contributed by atoms with Crippen molar-refractivity contribution in [3.63, 3.8) is 0 Å². The highest BCUT2D eigenvalue weighted by atomic mass is 15.3. The van der Waals surface area contributed by atoms with Crippen molar-refractivity contribution in [3.8, 4) is 0 Å². The fourth-order valence-corrected chi connectivity index (χ4v) is 3.20. The van der Waals surface area contributed by atoms with Crippen LogP contribution in [0.1, 0.15) is 24.8 Å². The van der Waals surface area contributed by atoms with Crippen LogP contribution in [-0.4, -0.2) is 48.1 Å². The highest BCUT2D eigenvalue weighted by Gasteiger charge is 2.40. The molecule has 2 fully saturated rings. The molecule has 2 aliphatic rings. The van der Waals surface area contributed by atoms with E-state index in [4.69, 9.17) is 5.73 Å². The molecule has 5 heteroatoms. The van der Waals surface area contributed by atoms with E-state index in [9.17, 15) is 0 Å². The zero-order valence-electron chi connectivity index (χ0n) is 11.9. The van der Waals surface area contributed by atoms with Gasteiger partial charge in [0.15, 0.2) is 0 Å². The minimum Gasteiger partial charge on any atom is -0.383 e. The van der Waals surface area contributed by atoms with Crippen LogP contribution >= 0.6 is 0 Å². The summed E-state index contributed by atoms with van der Waals surface area (Å²) in [6.07, 6.45) is 5.68. The van der Waals surface area contributed by atoms with Crippen LogP contribution in [-0.2, 0) is 0 Å². The van der Waals surface area contributed by atoms with Gasteiger partial charge in [-0.05, 0) is 51.7 Å². The number of aromatic nitrogens is 2. The van der Waals surface area contributed by atoms with Gasteiger partial charge >= 0.3 is 0 Å². The Bertz CT molecular complexity index is 465. The highest BCUT2D eigenvalue weighted by molar-refractivity contribution is 5.44. The molecule has 0 bridgehead atoms. The topological polar surface area (TPSA) is 58.3 Å². The van der Waals surface area contributed by atoms with Gasteiger partial charge in [-0.1, -0.05) is 0 Å². The summed E-state index contributed by atoms with van der Waals surface area (Å²) in [7, 11) is 2.21. The Labute approximate surface area is 114 Å². The van der Waals surface area contributed by atoms with Crippen molar-refractivity contribution in [2.75, 3.05) is 43.9 Å². The second kappa shape index (κ2) is 4.63. The van der Waals surface area contributed by atoms with Gasteiger partial charge in [-0.3, -0.25) is 0 Å². The van der Waals surface area contributed by atoms with Gasteiger partial charge in [-0.15, -0.1) is 0 Å². The molecular weight excluding hydrogens is 238 g/mol. The first kappa shape index (κ1) is 12.7. The summed E-state index contributed by atoms with van der Waals surface area (Å²) in [6, 6.07) is 0. The lowest BCUT2D eigenvalue weighted by atomic mass is 9.78. The number of nitrogens with zero attached hydrogens (tertiary/aromatic N) is 4. The molecule has 2 N–H and O–H groups in total. The van der Waals surface area contributed by atoms with Crippen LogP contribution in [0.4, 0.5) is 11.8 Å². The molecule has 1 aromatic rings. The molecule has 0 aromatic carbocycles. The lowest BCUT2D eigenvalue weighted by molar-refractivity contribution is 0.142. The molecule has 1 spiro atoms. The summed E-state index contributed by atoms with van der Waals surface area (Å²) in [5, 5.41) is 0. The number of likely N-dealkylation sites (tertiary alicyclic amines) is 1. The minimum absolute atomic E-state index is 0.482. The van der Waals surface area contributed by atoms with E-state index in [1.807, 2.05) is 13.1 Å². The van der Waals surface area contributed by atoms with E-state index < -0.39 is 0 Å². The predicted molar refractivity (Wildman–Crippen MR) is 77.2 cm³/mol. The standard InChI is InChI=1S/C14H23N5/c1-11-9-16-13(17-12(11)15)19-8-5-14(10-19)3-6-18(2)7-4-14/h9H,3-8,10H2,1-2H3,(H2,15,16,17). The maximum atomic E-state index is 5.89. The Kier molecular flexibility index (Phi) is 3.09. The number of anilines is 2. The Morgan fingerprint density at radius 2 is 1.89 bits per heavy atom. The molecular formula is C14H23N5. The van der Waals surface area contributed by atoms with Gasteiger partial charge in [-0.25, -0.2) is 4.98 Å². The van der Waals surface area contributed by atoms with Crippen molar-refractivity contribution >= 4 is 11.8 Å². The first-order valence-electron chi connectivity index (χ1n) is 7.11. The van der Waals surface area contributed by atoms with Gasteiger partial charge < -0.3 is 15.5 Å². The lowest BCUT2D eigenvalue weighted by Gasteiger charge is -2.37. The minimum atomic E-state index is 0.482. The van der Waals surface area contributed by atoms with Crippen molar-refractivity contribution in [1.29, 1.82) is 0 Å². The lowest BCUT2D eigenvalue weighted by Crippen LogP contribution is -2.39. The normalized spacial score (nSPS) is 23.2. The van der Waals surface area contributed by atoms with Crippen molar-refractivity contribution in [2.45, 2.75) is 26.2 Å². The van der Waals surface area contributed by atoms with E-state index in [0.29, 0.717) is 11.2 Å².